The van der Waals surface area contributed by atoms with Crippen molar-refractivity contribution in [3.63, 3.8) is 0 Å². The van der Waals surface area contributed by atoms with Crippen LogP contribution in [0, 0.1) is 11.8 Å². The van der Waals surface area contributed by atoms with Gasteiger partial charge in [0.05, 0.1) is 5.52 Å². The number of benzene rings is 1. The highest BCUT2D eigenvalue weighted by atomic mass is 16.1. The zero-order chi connectivity index (χ0) is 16.9. The lowest BCUT2D eigenvalue weighted by molar-refractivity contribution is -0.122. The molecule has 0 saturated heterocycles. The van der Waals surface area contributed by atoms with Crippen LogP contribution in [-0.2, 0) is 11.2 Å². The number of fused-ring (bicyclic) bond motifs is 1. The van der Waals surface area contributed by atoms with Crippen molar-refractivity contribution < 1.29 is 4.79 Å². The normalized spacial score (nSPS) is 20.9. The van der Waals surface area contributed by atoms with Crippen LogP contribution in [0.4, 0.5) is 5.69 Å². The van der Waals surface area contributed by atoms with Crippen molar-refractivity contribution in [3.05, 3.63) is 36.0 Å². The van der Waals surface area contributed by atoms with Gasteiger partial charge in [-0.1, -0.05) is 31.5 Å². The number of anilines is 1. The zero-order valence-electron chi connectivity index (χ0n) is 14.4. The summed E-state index contributed by atoms with van der Waals surface area (Å²) >= 11 is 0. The van der Waals surface area contributed by atoms with Gasteiger partial charge in [-0.2, -0.15) is 0 Å². The molecular formula is C20H27N3O. The Kier molecular flexibility index (Phi) is 5.34. The first-order valence-corrected chi connectivity index (χ1v) is 9.09. The summed E-state index contributed by atoms with van der Waals surface area (Å²) in [6.45, 7) is 3.13. The summed E-state index contributed by atoms with van der Waals surface area (Å²) in [5.41, 5.74) is 8.81. The standard InChI is InChI=1S/C20H27N3O/c1-2-5-16-12-19(17-6-3-4-7-18(17)23-16)22-13-14-8-10-15(11-9-14)20(21)24/h3-4,6-7,12,14-15H,2,5,8-11,13H2,1H3,(H2,21,24)(H,22,23). The quantitative estimate of drug-likeness (QED) is 0.846. The summed E-state index contributed by atoms with van der Waals surface area (Å²) in [6, 6.07) is 10.5. The molecule has 0 bridgehead atoms. The Morgan fingerprint density at radius 3 is 2.71 bits per heavy atom. The second-order valence-corrected chi connectivity index (χ2v) is 6.93. The minimum Gasteiger partial charge on any atom is -0.384 e. The molecule has 1 heterocycles. The number of amides is 1. The molecule has 1 aromatic carbocycles. The Morgan fingerprint density at radius 1 is 1.25 bits per heavy atom. The highest BCUT2D eigenvalue weighted by Crippen LogP contribution is 2.30. The van der Waals surface area contributed by atoms with E-state index in [4.69, 9.17) is 10.7 Å². The van der Waals surface area contributed by atoms with Gasteiger partial charge in [0.1, 0.15) is 0 Å². The minimum absolute atomic E-state index is 0.0826. The van der Waals surface area contributed by atoms with Crippen LogP contribution in [-0.4, -0.2) is 17.4 Å². The van der Waals surface area contributed by atoms with E-state index in [1.54, 1.807) is 0 Å². The lowest BCUT2D eigenvalue weighted by Gasteiger charge is -2.27. The van der Waals surface area contributed by atoms with Gasteiger partial charge >= 0.3 is 0 Å². The van der Waals surface area contributed by atoms with Gasteiger partial charge in [-0.15, -0.1) is 0 Å². The summed E-state index contributed by atoms with van der Waals surface area (Å²) in [7, 11) is 0. The first-order chi connectivity index (χ1) is 11.7. The Morgan fingerprint density at radius 2 is 2.00 bits per heavy atom. The maximum absolute atomic E-state index is 11.3. The van der Waals surface area contributed by atoms with Crippen LogP contribution in [0.1, 0.15) is 44.7 Å². The van der Waals surface area contributed by atoms with E-state index in [2.05, 4.69) is 36.5 Å². The second kappa shape index (κ2) is 7.65. The number of para-hydroxylation sites is 1. The molecule has 24 heavy (non-hydrogen) atoms. The smallest absolute Gasteiger partial charge is 0.220 e. The number of aryl methyl sites for hydroxylation is 1. The van der Waals surface area contributed by atoms with Gasteiger partial charge in [0.15, 0.2) is 0 Å². The minimum atomic E-state index is -0.134. The van der Waals surface area contributed by atoms with Gasteiger partial charge in [0.25, 0.3) is 0 Å². The van der Waals surface area contributed by atoms with Crippen LogP contribution in [0.25, 0.3) is 10.9 Å². The SMILES string of the molecule is CCCc1cc(NCC2CCC(C(N)=O)CC2)c2ccccc2n1. The zero-order valence-corrected chi connectivity index (χ0v) is 14.4. The molecule has 1 aliphatic rings. The van der Waals surface area contributed by atoms with Crippen molar-refractivity contribution >= 4 is 22.5 Å². The Balaban J connectivity index is 1.69. The number of carbonyl (C=O) groups excluding carboxylic acids is 1. The average molecular weight is 325 g/mol. The number of pyridine rings is 1. The van der Waals surface area contributed by atoms with Gasteiger partial charge in [-0.05, 0) is 50.2 Å². The van der Waals surface area contributed by atoms with E-state index in [0.29, 0.717) is 5.92 Å². The molecule has 0 spiro atoms. The molecule has 4 heteroatoms. The van der Waals surface area contributed by atoms with Gasteiger partial charge in [0, 0.05) is 29.2 Å². The molecule has 3 rings (SSSR count). The maximum atomic E-state index is 11.3. The first-order valence-electron chi connectivity index (χ1n) is 9.09. The highest BCUT2D eigenvalue weighted by Gasteiger charge is 2.24. The Labute approximate surface area is 143 Å². The summed E-state index contributed by atoms with van der Waals surface area (Å²) < 4.78 is 0. The lowest BCUT2D eigenvalue weighted by atomic mass is 9.81. The molecular weight excluding hydrogens is 298 g/mol. The number of primary amides is 1. The van der Waals surface area contributed by atoms with Gasteiger partial charge in [0.2, 0.25) is 5.91 Å². The Hall–Kier alpha value is -2.10. The monoisotopic (exact) mass is 325 g/mol. The molecule has 0 unspecified atom stereocenters. The predicted molar refractivity (Wildman–Crippen MR) is 98.9 cm³/mol. The molecule has 1 saturated carbocycles. The largest absolute Gasteiger partial charge is 0.384 e. The molecule has 0 radical (unpaired) electrons. The van der Waals surface area contributed by atoms with Crippen LogP contribution in [0.15, 0.2) is 30.3 Å². The number of nitrogens with one attached hydrogen (secondary N) is 1. The third-order valence-corrected chi connectivity index (χ3v) is 5.11. The first kappa shape index (κ1) is 16.7. The van der Waals surface area contributed by atoms with Crippen LogP contribution in [0.5, 0.6) is 0 Å². The fourth-order valence-electron chi connectivity index (χ4n) is 3.67. The number of aromatic nitrogens is 1. The molecule has 1 fully saturated rings. The van der Waals surface area contributed by atoms with Crippen LogP contribution < -0.4 is 11.1 Å². The van der Waals surface area contributed by atoms with Gasteiger partial charge < -0.3 is 11.1 Å². The van der Waals surface area contributed by atoms with Crippen molar-refractivity contribution in [1.29, 1.82) is 0 Å². The summed E-state index contributed by atoms with van der Waals surface area (Å²) in [6.07, 6.45) is 6.11. The second-order valence-electron chi connectivity index (χ2n) is 6.93. The molecule has 0 aliphatic heterocycles. The van der Waals surface area contributed by atoms with E-state index in [-0.39, 0.29) is 11.8 Å². The third kappa shape index (κ3) is 3.86. The fourth-order valence-corrected chi connectivity index (χ4v) is 3.67. The van der Waals surface area contributed by atoms with E-state index in [1.807, 2.05) is 6.07 Å². The average Bonchev–Trinajstić information content (AvgIpc) is 2.60. The summed E-state index contributed by atoms with van der Waals surface area (Å²) in [4.78, 5) is 16.0. The van der Waals surface area contributed by atoms with E-state index in [9.17, 15) is 4.79 Å². The molecule has 1 aromatic heterocycles. The molecule has 1 aliphatic carbocycles. The summed E-state index contributed by atoms with van der Waals surface area (Å²) in [5.74, 6) is 0.562. The number of nitrogens with two attached hydrogens (primary N) is 1. The van der Waals surface area contributed by atoms with Crippen molar-refractivity contribution in [2.45, 2.75) is 45.4 Å². The Bertz CT molecular complexity index is 705. The lowest BCUT2D eigenvalue weighted by Crippen LogP contribution is -2.29. The predicted octanol–water partition coefficient (Wildman–Crippen LogP) is 3.89. The van der Waals surface area contributed by atoms with Crippen LogP contribution in [0.2, 0.25) is 0 Å². The third-order valence-electron chi connectivity index (χ3n) is 5.11. The van der Waals surface area contributed by atoms with Crippen molar-refractivity contribution in [2.24, 2.45) is 17.6 Å². The number of nitrogens with zero attached hydrogens (tertiary/aromatic N) is 1. The van der Waals surface area contributed by atoms with E-state index in [0.717, 1.165) is 56.3 Å². The van der Waals surface area contributed by atoms with Crippen LogP contribution in [0.3, 0.4) is 0 Å². The molecule has 4 nitrogen and oxygen atoms in total. The number of carbonyl (C=O) groups is 1. The molecule has 0 atom stereocenters. The number of hydrogen-bond acceptors (Lipinski definition) is 3. The van der Waals surface area contributed by atoms with E-state index in [1.165, 1.54) is 11.1 Å². The van der Waals surface area contributed by atoms with E-state index < -0.39 is 0 Å². The van der Waals surface area contributed by atoms with Crippen molar-refractivity contribution in [1.82, 2.24) is 4.98 Å². The summed E-state index contributed by atoms with van der Waals surface area (Å²) in [5, 5.41) is 4.83. The highest BCUT2D eigenvalue weighted by molar-refractivity contribution is 5.91. The molecule has 2 aromatic rings. The van der Waals surface area contributed by atoms with Crippen molar-refractivity contribution in [3.8, 4) is 0 Å². The number of rotatable bonds is 6. The fraction of sp³-hybridized carbons (Fsp3) is 0.500. The van der Waals surface area contributed by atoms with Gasteiger partial charge in [-0.25, -0.2) is 0 Å². The number of hydrogen-bond donors (Lipinski definition) is 2. The van der Waals surface area contributed by atoms with Crippen LogP contribution >= 0.6 is 0 Å². The maximum Gasteiger partial charge on any atom is 0.220 e. The molecule has 1 amide bonds. The topological polar surface area (TPSA) is 68.0 Å². The van der Waals surface area contributed by atoms with Crippen molar-refractivity contribution in [2.75, 3.05) is 11.9 Å². The molecule has 128 valence electrons. The van der Waals surface area contributed by atoms with Gasteiger partial charge in [-0.3, -0.25) is 9.78 Å². The van der Waals surface area contributed by atoms with E-state index >= 15 is 0 Å². The molecule has 3 N–H and O–H groups in total.